The number of phenols is 1. The van der Waals surface area contributed by atoms with Crippen molar-refractivity contribution in [2.24, 2.45) is 17.3 Å². The van der Waals surface area contributed by atoms with E-state index in [1.165, 1.54) is 40.4 Å². The van der Waals surface area contributed by atoms with Gasteiger partial charge >= 0.3 is 0 Å². The Labute approximate surface area is 218 Å². The molecule has 184 valence electrons. The first-order chi connectivity index (χ1) is 16.5. The Kier molecular flexibility index (Phi) is 7.46. The monoisotopic (exact) mass is 574 g/mol. The number of aryl methyl sites for hydroxylation is 1. The topological polar surface area (TPSA) is 49.7 Å². The van der Waals surface area contributed by atoms with Gasteiger partial charge in [-0.1, -0.05) is 60.6 Å². The molecule has 3 aliphatic carbocycles. The van der Waals surface area contributed by atoms with Gasteiger partial charge < -0.3 is 14.9 Å². The molecule has 4 heteroatoms. The predicted octanol–water partition coefficient (Wildman–Crippen LogP) is 7.38. The van der Waals surface area contributed by atoms with Crippen LogP contribution in [0.15, 0.2) is 42.5 Å². The van der Waals surface area contributed by atoms with Crippen molar-refractivity contribution in [3.63, 3.8) is 0 Å². The van der Waals surface area contributed by atoms with Crippen molar-refractivity contribution in [2.45, 2.75) is 82.7 Å². The summed E-state index contributed by atoms with van der Waals surface area (Å²) in [6, 6.07) is 14.9. The van der Waals surface area contributed by atoms with Gasteiger partial charge in [-0.25, -0.2) is 0 Å². The lowest BCUT2D eigenvalue weighted by Crippen LogP contribution is -2.47. The van der Waals surface area contributed by atoms with Crippen LogP contribution in [0.25, 0.3) is 0 Å². The Balaban J connectivity index is 1.38. The standard InChI is InChI=1S/C30H39IO3/c1-30-19-26(20-6-10-23(11-7-20)34-17-5-3-2-4-16-31)29-24-13-9-22(32)18-21(24)8-12-25(29)27(30)14-15-28(30)33/h6-7,9-11,13,18,25-29,32-33H,2-5,8,12,14-17,19H2,1H3/t25-,26+,27-,28-,29+,30-/m0/s1. The molecule has 0 unspecified atom stereocenters. The molecule has 0 heterocycles. The van der Waals surface area contributed by atoms with Crippen LogP contribution in [-0.2, 0) is 6.42 Å². The fourth-order valence-electron chi connectivity index (χ4n) is 7.54. The summed E-state index contributed by atoms with van der Waals surface area (Å²) in [4.78, 5) is 0. The highest BCUT2D eigenvalue weighted by Crippen LogP contribution is 2.65. The van der Waals surface area contributed by atoms with Crippen LogP contribution in [0.1, 0.15) is 86.8 Å². The van der Waals surface area contributed by atoms with Gasteiger partial charge in [-0.15, -0.1) is 0 Å². The number of alkyl halides is 1. The SMILES string of the molecule is C[C@]12C[C@H](c3ccc(OCCCCCCI)cc3)[C@@H]3c4ccc(O)cc4CC[C@H]3[C@@H]1CC[C@@H]2O. The maximum Gasteiger partial charge on any atom is 0.119 e. The maximum atomic E-state index is 11.0. The Morgan fingerprint density at radius 3 is 2.59 bits per heavy atom. The largest absolute Gasteiger partial charge is 0.508 e. The lowest BCUT2D eigenvalue weighted by Gasteiger charge is -2.54. The Bertz CT molecular complexity index is 974. The first-order valence-electron chi connectivity index (χ1n) is 13.3. The maximum absolute atomic E-state index is 11.0. The smallest absolute Gasteiger partial charge is 0.119 e. The van der Waals surface area contributed by atoms with Gasteiger partial charge in [-0.05, 0) is 119 Å². The van der Waals surface area contributed by atoms with Gasteiger partial charge in [0.25, 0.3) is 0 Å². The summed E-state index contributed by atoms with van der Waals surface area (Å²) < 4.78 is 7.28. The molecule has 34 heavy (non-hydrogen) atoms. The third-order valence-corrected chi connectivity index (χ3v) is 10.0. The number of fused-ring (bicyclic) bond motifs is 5. The average molecular weight is 575 g/mol. The van der Waals surface area contributed by atoms with Gasteiger partial charge in [0.1, 0.15) is 11.5 Å². The molecule has 0 aliphatic heterocycles. The molecule has 0 aromatic heterocycles. The van der Waals surface area contributed by atoms with Gasteiger partial charge in [0.15, 0.2) is 0 Å². The molecule has 3 aliphatic rings. The van der Waals surface area contributed by atoms with E-state index in [9.17, 15) is 10.2 Å². The van der Waals surface area contributed by atoms with Crippen LogP contribution in [0.4, 0.5) is 0 Å². The van der Waals surface area contributed by atoms with Crippen molar-refractivity contribution in [2.75, 3.05) is 11.0 Å². The molecule has 2 fully saturated rings. The summed E-state index contributed by atoms with van der Waals surface area (Å²) in [7, 11) is 0. The second kappa shape index (κ2) is 10.4. The van der Waals surface area contributed by atoms with E-state index in [4.69, 9.17) is 4.74 Å². The van der Waals surface area contributed by atoms with Crippen LogP contribution in [0.2, 0.25) is 0 Å². The van der Waals surface area contributed by atoms with Gasteiger partial charge in [0.2, 0.25) is 0 Å². The van der Waals surface area contributed by atoms with E-state index in [1.54, 1.807) is 0 Å². The molecule has 0 radical (unpaired) electrons. The minimum atomic E-state index is -0.197. The Morgan fingerprint density at radius 1 is 1.00 bits per heavy atom. The number of phenolic OH excluding ortho intramolecular Hbond substituents is 1. The molecule has 2 aromatic carbocycles. The average Bonchev–Trinajstić information content (AvgIpc) is 3.15. The number of halogens is 1. The molecule has 3 nitrogen and oxygen atoms in total. The molecule has 2 saturated carbocycles. The zero-order chi connectivity index (χ0) is 23.7. The first kappa shape index (κ1) is 24.4. The van der Waals surface area contributed by atoms with Crippen molar-refractivity contribution in [1.82, 2.24) is 0 Å². The van der Waals surface area contributed by atoms with Crippen LogP contribution in [0.3, 0.4) is 0 Å². The van der Waals surface area contributed by atoms with Gasteiger partial charge in [0.05, 0.1) is 12.7 Å². The molecule has 6 atom stereocenters. The van der Waals surface area contributed by atoms with Gasteiger partial charge in [-0.2, -0.15) is 0 Å². The minimum Gasteiger partial charge on any atom is -0.508 e. The molecule has 2 aromatic rings. The first-order valence-corrected chi connectivity index (χ1v) is 14.8. The molecule has 0 saturated heterocycles. The van der Waals surface area contributed by atoms with E-state index in [-0.39, 0.29) is 11.5 Å². The van der Waals surface area contributed by atoms with Gasteiger partial charge in [-0.3, -0.25) is 0 Å². The van der Waals surface area contributed by atoms with E-state index in [0.29, 0.717) is 29.4 Å². The summed E-state index contributed by atoms with van der Waals surface area (Å²) in [5.41, 5.74) is 4.10. The summed E-state index contributed by atoms with van der Waals surface area (Å²) >= 11 is 2.45. The number of ether oxygens (including phenoxy) is 1. The number of hydrogen-bond donors (Lipinski definition) is 2. The fourth-order valence-corrected chi connectivity index (χ4v) is 8.08. The zero-order valence-electron chi connectivity index (χ0n) is 20.4. The summed E-state index contributed by atoms with van der Waals surface area (Å²) in [5, 5.41) is 21.1. The number of aliphatic hydroxyl groups is 1. The quantitative estimate of drug-likeness (QED) is 0.197. The number of aromatic hydroxyl groups is 1. The highest BCUT2D eigenvalue weighted by Gasteiger charge is 2.57. The third kappa shape index (κ3) is 4.61. The van der Waals surface area contributed by atoms with Gasteiger partial charge in [0, 0.05) is 0 Å². The van der Waals surface area contributed by atoms with Crippen molar-refractivity contribution in [3.8, 4) is 11.5 Å². The van der Waals surface area contributed by atoms with Crippen LogP contribution in [-0.4, -0.2) is 27.4 Å². The van der Waals surface area contributed by atoms with Crippen LogP contribution in [0.5, 0.6) is 11.5 Å². The van der Waals surface area contributed by atoms with Crippen LogP contribution >= 0.6 is 22.6 Å². The molecule has 0 amide bonds. The van der Waals surface area contributed by atoms with E-state index in [1.807, 2.05) is 12.1 Å². The minimum absolute atomic E-state index is 0.00657. The second-order valence-electron chi connectivity index (χ2n) is 11.1. The fraction of sp³-hybridized carbons (Fsp3) is 0.600. The van der Waals surface area contributed by atoms with Crippen molar-refractivity contribution < 1.29 is 14.9 Å². The normalized spacial score (nSPS) is 32.0. The molecule has 0 bridgehead atoms. The summed E-state index contributed by atoms with van der Waals surface area (Å²) in [6.45, 7) is 3.14. The van der Waals surface area contributed by atoms with Crippen molar-refractivity contribution in [3.05, 3.63) is 59.2 Å². The summed E-state index contributed by atoms with van der Waals surface area (Å²) in [6.07, 6.45) is 10.0. The zero-order valence-corrected chi connectivity index (χ0v) is 22.5. The Morgan fingerprint density at radius 2 is 1.79 bits per heavy atom. The Hall–Kier alpha value is -1.27. The number of hydrogen-bond acceptors (Lipinski definition) is 3. The van der Waals surface area contributed by atoms with E-state index in [2.05, 4.69) is 59.8 Å². The lowest BCUT2D eigenvalue weighted by atomic mass is 9.51. The van der Waals surface area contributed by atoms with E-state index >= 15 is 0 Å². The lowest BCUT2D eigenvalue weighted by molar-refractivity contribution is -0.0323. The molecular formula is C30H39IO3. The second-order valence-corrected chi connectivity index (χ2v) is 12.2. The van der Waals surface area contributed by atoms with Crippen LogP contribution in [0, 0.1) is 17.3 Å². The summed E-state index contributed by atoms with van der Waals surface area (Å²) in [5.74, 6) is 3.35. The number of rotatable bonds is 8. The van der Waals surface area contributed by atoms with Crippen molar-refractivity contribution >= 4 is 22.6 Å². The van der Waals surface area contributed by atoms with Crippen molar-refractivity contribution in [1.29, 1.82) is 0 Å². The van der Waals surface area contributed by atoms with E-state index < -0.39 is 0 Å². The number of unbranched alkanes of at least 4 members (excludes halogenated alkanes) is 3. The third-order valence-electron chi connectivity index (χ3n) is 9.27. The predicted molar refractivity (Wildman–Crippen MR) is 146 cm³/mol. The molecular weight excluding hydrogens is 535 g/mol. The molecule has 0 spiro atoms. The van der Waals surface area contributed by atoms with E-state index in [0.717, 1.165) is 50.9 Å². The highest BCUT2D eigenvalue weighted by atomic mass is 127. The number of benzene rings is 2. The molecule has 2 N–H and O–H groups in total. The molecule has 5 rings (SSSR count). The van der Waals surface area contributed by atoms with Crippen LogP contribution < -0.4 is 4.74 Å². The number of aliphatic hydroxyl groups excluding tert-OH is 1. The highest BCUT2D eigenvalue weighted by molar-refractivity contribution is 14.1.